The van der Waals surface area contributed by atoms with E-state index in [9.17, 15) is 13.2 Å². The van der Waals surface area contributed by atoms with E-state index in [-0.39, 0.29) is 11.9 Å². The fraction of sp³-hybridized carbons (Fsp3) is 0.211. The van der Waals surface area contributed by atoms with Crippen LogP contribution in [-0.2, 0) is 16.4 Å². The molecule has 1 heterocycles. The largest absolute Gasteiger partial charge is 0.351 e. The highest BCUT2D eigenvalue weighted by atomic mass is 35.5. The number of hydrogen-bond donors (Lipinski definition) is 3. The number of hydrogen-bond acceptors (Lipinski definition) is 3. The van der Waals surface area contributed by atoms with Crippen molar-refractivity contribution >= 4 is 38.4 Å². The van der Waals surface area contributed by atoms with Crippen molar-refractivity contribution in [2.45, 2.75) is 18.5 Å². The Kier molecular flexibility index (Phi) is 4.46. The topological polar surface area (TPSA) is 91.1 Å². The van der Waals surface area contributed by atoms with Gasteiger partial charge in [-0.15, -0.1) is 0 Å². The first-order chi connectivity index (χ1) is 12.8. The Morgan fingerprint density at radius 1 is 1.19 bits per heavy atom. The number of amides is 1. The van der Waals surface area contributed by atoms with E-state index in [1.807, 2.05) is 30.3 Å². The average molecular weight is 404 g/mol. The molecule has 1 aromatic heterocycles. The Bertz CT molecular complexity index is 1140. The summed E-state index contributed by atoms with van der Waals surface area (Å²) in [5, 5.41) is 4.40. The zero-order valence-electron chi connectivity index (χ0n) is 14.5. The minimum atomic E-state index is -3.43. The van der Waals surface area contributed by atoms with Crippen LogP contribution in [0.5, 0.6) is 0 Å². The standard InChI is InChI=1S/C19H18ClN3O3S/c1-27(25,26)23-18-14-5-3-2-4-11(14)9-16(18)22-19(24)17-10-12-8-13(20)6-7-15(12)21-17/h2-8,10,16,18,21,23H,9H2,1H3,(H,22,24). The summed E-state index contributed by atoms with van der Waals surface area (Å²) in [5.74, 6) is -0.291. The molecule has 3 aromatic rings. The number of aromatic nitrogens is 1. The van der Waals surface area contributed by atoms with E-state index in [0.717, 1.165) is 28.3 Å². The van der Waals surface area contributed by atoms with Crippen molar-refractivity contribution in [2.75, 3.05) is 6.26 Å². The Morgan fingerprint density at radius 2 is 1.96 bits per heavy atom. The van der Waals surface area contributed by atoms with Crippen LogP contribution < -0.4 is 10.0 Å². The quantitative estimate of drug-likeness (QED) is 0.625. The number of sulfonamides is 1. The van der Waals surface area contributed by atoms with Crippen LogP contribution in [0.1, 0.15) is 27.7 Å². The van der Waals surface area contributed by atoms with Crippen LogP contribution in [0.4, 0.5) is 0 Å². The molecule has 140 valence electrons. The zero-order valence-corrected chi connectivity index (χ0v) is 16.1. The van der Waals surface area contributed by atoms with E-state index in [1.165, 1.54) is 0 Å². The number of H-pyrrole nitrogens is 1. The summed E-state index contributed by atoms with van der Waals surface area (Å²) in [6, 6.07) is 13.8. The highest BCUT2D eigenvalue weighted by Crippen LogP contribution is 2.32. The second-order valence-corrected chi connectivity index (χ2v) is 8.98. The molecule has 6 nitrogen and oxygen atoms in total. The Morgan fingerprint density at radius 3 is 2.74 bits per heavy atom. The smallest absolute Gasteiger partial charge is 0.268 e. The van der Waals surface area contributed by atoms with Crippen LogP contribution >= 0.6 is 11.6 Å². The van der Waals surface area contributed by atoms with Crippen LogP contribution in [0.25, 0.3) is 10.9 Å². The van der Waals surface area contributed by atoms with Crippen molar-refractivity contribution in [1.29, 1.82) is 0 Å². The summed E-state index contributed by atoms with van der Waals surface area (Å²) < 4.78 is 26.3. The molecule has 1 aliphatic carbocycles. The van der Waals surface area contributed by atoms with Gasteiger partial charge in [-0.1, -0.05) is 35.9 Å². The van der Waals surface area contributed by atoms with Crippen molar-refractivity contribution in [3.63, 3.8) is 0 Å². The molecule has 0 bridgehead atoms. The third-order valence-electron chi connectivity index (χ3n) is 4.72. The molecular formula is C19H18ClN3O3S. The molecule has 1 aliphatic rings. The van der Waals surface area contributed by atoms with Crippen molar-refractivity contribution in [3.05, 3.63) is 70.4 Å². The molecule has 0 spiro atoms. The zero-order chi connectivity index (χ0) is 19.2. The van der Waals surface area contributed by atoms with Gasteiger partial charge in [0.1, 0.15) is 5.69 Å². The van der Waals surface area contributed by atoms with Crippen LogP contribution in [0.2, 0.25) is 5.02 Å². The summed E-state index contributed by atoms with van der Waals surface area (Å²) in [6.45, 7) is 0. The third-order valence-corrected chi connectivity index (χ3v) is 5.63. The van der Waals surface area contributed by atoms with Crippen LogP contribution in [-0.4, -0.2) is 31.6 Å². The van der Waals surface area contributed by atoms with Crippen molar-refractivity contribution in [3.8, 4) is 0 Å². The number of carbonyl (C=O) groups excluding carboxylic acids is 1. The lowest BCUT2D eigenvalue weighted by molar-refractivity contribution is 0.0927. The van der Waals surface area contributed by atoms with Gasteiger partial charge in [-0.3, -0.25) is 4.79 Å². The summed E-state index contributed by atoms with van der Waals surface area (Å²) in [5.41, 5.74) is 3.12. The van der Waals surface area contributed by atoms with Crippen molar-refractivity contribution in [1.82, 2.24) is 15.0 Å². The minimum absolute atomic E-state index is 0.291. The minimum Gasteiger partial charge on any atom is -0.351 e. The lowest BCUT2D eigenvalue weighted by Crippen LogP contribution is -2.44. The van der Waals surface area contributed by atoms with Crippen LogP contribution in [0.15, 0.2) is 48.5 Å². The summed E-state index contributed by atoms with van der Waals surface area (Å²) in [6.07, 6.45) is 1.68. The number of rotatable bonds is 4. The Balaban J connectivity index is 1.60. The van der Waals surface area contributed by atoms with Gasteiger partial charge in [0.25, 0.3) is 5.91 Å². The molecule has 0 aliphatic heterocycles. The first kappa shape index (κ1) is 18.0. The van der Waals surface area contributed by atoms with Gasteiger partial charge in [0.05, 0.1) is 18.3 Å². The maximum absolute atomic E-state index is 12.8. The fourth-order valence-corrected chi connectivity index (χ4v) is 4.51. The van der Waals surface area contributed by atoms with Gasteiger partial charge >= 0.3 is 0 Å². The Hall–Kier alpha value is -2.35. The molecule has 2 unspecified atom stereocenters. The fourth-order valence-electron chi connectivity index (χ4n) is 3.58. The summed E-state index contributed by atoms with van der Waals surface area (Å²) in [7, 11) is -3.43. The van der Waals surface area contributed by atoms with Crippen molar-refractivity contribution < 1.29 is 13.2 Å². The highest BCUT2D eigenvalue weighted by Gasteiger charge is 2.35. The number of fused-ring (bicyclic) bond motifs is 2. The SMILES string of the molecule is CS(=O)(=O)NC1c2ccccc2CC1NC(=O)c1cc2cc(Cl)ccc2[nH]1. The molecule has 2 aromatic carbocycles. The number of nitrogens with one attached hydrogen (secondary N) is 3. The number of benzene rings is 2. The van der Waals surface area contributed by atoms with E-state index in [4.69, 9.17) is 11.6 Å². The highest BCUT2D eigenvalue weighted by molar-refractivity contribution is 7.88. The first-order valence-electron chi connectivity index (χ1n) is 8.44. The van der Waals surface area contributed by atoms with Gasteiger partial charge < -0.3 is 10.3 Å². The molecule has 8 heteroatoms. The van der Waals surface area contributed by atoms with Gasteiger partial charge in [-0.25, -0.2) is 13.1 Å². The molecule has 1 amide bonds. The molecule has 0 saturated heterocycles. The van der Waals surface area contributed by atoms with Gasteiger partial charge in [0, 0.05) is 15.9 Å². The monoisotopic (exact) mass is 403 g/mol. The third kappa shape index (κ3) is 3.71. The van der Waals surface area contributed by atoms with Gasteiger partial charge in [0.15, 0.2) is 0 Å². The maximum atomic E-state index is 12.8. The molecule has 2 atom stereocenters. The van der Waals surface area contributed by atoms with Crippen LogP contribution in [0, 0.1) is 0 Å². The first-order valence-corrected chi connectivity index (χ1v) is 10.7. The molecule has 3 N–H and O–H groups in total. The van der Waals surface area contributed by atoms with Gasteiger partial charge in [0.2, 0.25) is 10.0 Å². The van der Waals surface area contributed by atoms with Crippen LogP contribution in [0.3, 0.4) is 0 Å². The molecule has 27 heavy (non-hydrogen) atoms. The van der Waals surface area contributed by atoms with E-state index in [0.29, 0.717) is 17.1 Å². The molecular weight excluding hydrogens is 386 g/mol. The maximum Gasteiger partial charge on any atom is 0.268 e. The predicted molar refractivity (Wildman–Crippen MR) is 105 cm³/mol. The second-order valence-electron chi connectivity index (χ2n) is 6.77. The number of carbonyl (C=O) groups is 1. The Labute approximate surface area is 162 Å². The lowest BCUT2D eigenvalue weighted by Gasteiger charge is -2.22. The second kappa shape index (κ2) is 6.67. The van der Waals surface area contributed by atoms with E-state index < -0.39 is 16.1 Å². The average Bonchev–Trinajstić information content (AvgIpc) is 3.15. The van der Waals surface area contributed by atoms with Gasteiger partial charge in [-0.05, 0) is 41.8 Å². The molecule has 0 saturated carbocycles. The van der Waals surface area contributed by atoms with E-state index in [2.05, 4.69) is 15.0 Å². The lowest BCUT2D eigenvalue weighted by atomic mass is 10.1. The van der Waals surface area contributed by atoms with Crippen molar-refractivity contribution in [2.24, 2.45) is 0 Å². The number of aromatic amines is 1. The molecule has 0 fully saturated rings. The van der Waals surface area contributed by atoms with E-state index >= 15 is 0 Å². The summed E-state index contributed by atoms with van der Waals surface area (Å²) >= 11 is 6.00. The number of halogens is 1. The molecule has 0 radical (unpaired) electrons. The van der Waals surface area contributed by atoms with E-state index in [1.54, 1.807) is 18.2 Å². The molecule has 4 rings (SSSR count). The predicted octanol–water partition coefficient (Wildman–Crippen LogP) is 2.77. The normalized spacial score (nSPS) is 19.2. The van der Waals surface area contributed by atoms with Gasteiger partial charge in [-0.2, -0.15) is 0 Å². The summed E-state index contributed by atoms with van der Waals surface area (Å²) in [4.78, 5) is 15.8.